The van der Waals surface area contributed by atoms with Crippen molar-refractivity contribution in [2.75, 3.05) is 6.26 Å². The first-order valence-electron chi connectivity index (χ1n) is 3.85. The molecule has 6 heteroatoms. The first-order valence-corrected chi connectivity index (χ1v) is 6.46. The van der Waals surface area contributed by atoms with Crippen LogP contribution in [-0.2, 0) is 20.9 Å². The summed E-state index contributed by atoms with van der Waals surface area (Å²) in [5, 5.41) is 0. The number of rotatable bonds is 3. The molecule has 0 aliphatic rings. The Bertz CT molecular complexity index is 430. The number of aromatic nitrogens is 1. The zero-order valence-electron chi connectivity index (χ0n) is 7.82. The summed E-state index contributed by atoms with van der Waals surface area (Å²) in [6.45, 7) is 1.86. The van der Waals surface area contributed by atoms with Gasteiger partial charge in [0, 0.05) is 11.3 Å². The monoisotopic (exact) mass is 279 g/mol. The van der Waals surface area contributed by atoms with Crippen molar-refractivity contribution in [2.45, 2.75) is 13.5 Å². The standard InChI is InChI=1S/C8H10BrNO3S/c1-6-3-4-7(8(9)10-6)5-13-14(2,11)12/h3-4H,5H2,1-2H3. The predicted molar refractivity (Wildman–Crippen MR) is 56.3 cm³/mol. The van der Waals surface area contributed by atoms with Gasteiger partial charge in [0.1, 0.15) is 4.60 Å². The molecule has 1 rings (SSSR count). The molecule has 1 aromatic heterocycles. The summed E-state index contributed by atoms with van der Waals surface area (Å²) in [5.41, 5.74) is 1.57. The highest BCUT2D eigenvalue weighted by atomic mass is 79.9. The van der Waals surface area contributed by atoms with Crippen molar-refractivity contribution in [3.05, 3.63) is 28.0 Å². The van der Waals surface area contributed by atoms with E-state index in [1.54, 1.807) is 12.1 Å². The minimum atomic E-state index is -3.40. The fourth-order valence-electron chi connectivity index (χ4n) is 0.832. The smallest absolute Gasteiger partial charge is 0.264 e. The number of nitrogens with zero attached hydrogens (tertiary/aromatic N) is 1. The highest BCUT2D eigenvalue weighted by Gasteiger charge is 2.06. The van der Waals surface area contributed by atoms with Gasteiger partial charge in [-0.3, -0.25) is 4.18 Å². The minimum Gasteiger partial charge on any atom is -0.265 e. The molecule has 0 aliphatic carbocycles. The van der Waals surface area contributed by atoms with Crippen LogP contribution >= 0.6 is 15.9 Å². The zero-order chi connectivity index (χ0) is 10.8. The normalized spacial score (nSPS) is 11.6. The second-order valence-corrected chi connectivity index (χ2v) is 5.26. The van der Waals surface area contributed by atoms with Crippen molar-refractivity contribution >= 4 is 26.0 Å². The number of hydrogen-bond acceptors (Lipinski definition) is 4. The van der Waals surface area contributed by atoms with E-state index in [-0.39, 0.29) is 6.61 Å². The highest BCUT2D eigenvalue weighted by Crippen LogP contribution is 2.15. The van der Waals surface area contributed by atoms with Gasteiger partial charge < -0.3 is 0 Å². The first-order chi connectivity index (χ1) is 6.38. The lowest BCUT2D eigenvalue weighted by Crippen LogP contribution is -2.03. The molecule has 0 amide bonds. The quantitative estimate of drug-likeness (QED) is 0.623. The maximum atomic E-state index is 10.7. The molecule has 0 unspecified atom stereocenters. The van der Waals surface area contributed by atoms with Crippen LogP contribution in [0, 0.1) is 6.92 Å². The van der Waals surface area contributed by atoms with Gasteiger partial charge in [0.05, 0.1) is 12.9 Å². The van der Waals surface area contributed by atoms with Crippen LogP contribution in [-0.4, -0.2) is 19.7 Å². The summed E-state index contributed by atoms with van der Waals surface area (Å²) in [7, 11) is -3.40. The van der Waals surface area contributed by atoms with Gasteiger partial charge in [-0.05, 0) is 28.9 Å². The molecular formula is C8H10BrNO3S. The molecule has 0 spiro atoms. The van der Waals surface area contributed by atoms with E-state index in [1.807, 2.05) is 6.92 Å². The SMILES string of the molecule is Cc1ccc(COS(C)(=O)=O)c(Br)n1. The Morgan fingerprint density at radius 1 is 1.50 bits per heavy atom. The first kappa shape index (κ1) is 11.6. The van der Waals surface area contributed by atoms with Crippen molar-refractivity contribution in [1.29, 1.82) is 0 Å². The third-order valence-electron chi connectivity index (χ3n) is 1.49. The molecule has 0 atom stereocenters. The molecule has 0 aromatic carbocycles. The van der Waals surface area contributed by atoms with Crippen LogP contribution in [0.3, 0.4) is 0 Å². The molecule has 0 saturated heterocycles. The van der Waals surface area contributed by atoms with Gasteiger partial charge >= 0.3 is 0 Å². The van der Waals surface area contributed by atoms with Crippen LogP contribution in [0.25, 0.3) is 0 Å². The van der Waals surface area contributed by atoms with Gasteiger partial charge in [0.2, 0.25) is 0 Å². The van der Waals surface area contributed by atoms with Crippen LogP contribution in [0.15, 0.2) is 16.7 Å². The zero-order valence-corrected chi connectivity index (χ0v) is 10.2. The molecule has 0 saturated carbocycles. The minimum absolute atomic E-state index is 0.00664. The lowest BCUT2D eigenvalue weighted by molar-refractivity contribution is 0.310. The van der Waals surface area contributed by atoms with Crippen LogP contribution in [0.4, 0.5) is 0 Å². The number of halogens is 1. The van der Waals surface area contributed by atoms with Gasteiger partial charge in [-0.2, -0.15) is 8.42 Å². The summed E-state index contributed by atoms with van der Waals surface area (Å²) < 4.78 is 26.7. The van der Waals surface area contributed by atoms with E-state index in [9.17, 15) is 8.42 Å². The topological polar surface area (TPSA) is 56.3 Å². The molecule has 14 heavy (non-hydrogen) atoms. The summed E-state index contributed by atoms with van der Waals surface area (Å²) in [5.74, 6) is 0. The lowest BCUT2D eigenvalue weighted by Gasteiger charge is -2.04. The van der Waals surface area contributed by atoms with Crippen LogP contribution in [0.2, 0.25) is 0 Å². The lowest BCUT2D eigenvalue weighted by atomic mass is 10.3. The van der Waals surface area contributed by atoms with Gasteiger partial charge in [0.25, 0.3) is 10.1 Å². The Kier molecular flexibility index (Phi) is 3.63. The van der Waals surface area contributed by atoms with Crippen LogP contribution < -0.4 is 0 Å². The third-order valence-corrected chi connectivity index (χ3v) is 2.73. The number of aryl methyl sites for hydroxylation is 1. The Morgan fingerprint density at radius 3 is 2.64 bits per heavy atom. The molecule has 0 aliphatic heterocycles. The molecule has 78 valence electrons. The summed E-state index contributed by atoms with van der Waals surface area (Å²) in [6, 6.07) is 3.57. The van der Waals surface area contributed by atoms with Gasteiger partial charge in [-0.1, -0.05) is 6.07 Å². The van der Waals surface area contributed by atoms with Crippen molar-refractivity contribution in [3.63, 3.8) is 0 Å². The Morgan fingerprint density at radius 2 is 2.14 bits per heavy atom. The molecule has 0 bridgehead atoms. The molecule has 1 aromatic rings. The average molecular weight is 280 g/mol. The van der Waals surface area contributed by atoms with E-state index in [4.69, 9.17) is 0 Å². The molecule has 4 nitrogen and oxygen atoms in total. The second-order valence-electron chi connectivity index (χ2n) is 2.87. The summed E-state index contributed by atoms with van der Waals surface area (Å²) in [6.07, 6.45) is 1.02. The Balaban J connectivity index is 2.78. The maximum Gasteiger partial charge on any atom is 0.264 e. The highest BCUT2D eigenvalue weighted by molar-refractivity contribution is 9.10. The van der Waals surface area contributed by atoms with Crippen molar-refractivity contribution in [1.82, 2.24) is 4.98 Å². The summed E-state index contributed by atoms with van der Waals surface area (Å²) in [4.78, 5) is 4.12. The fourth-order valence-corrected chi connectivity index (χ4v) is 1.70. The largest absolute Gasteiger partial charge is 0.265 e. The fraction of sp³-hybridized carbons (Fsp3) is 0.375. The van der Waals surface area contributed by atoms with E-state index in [0.29, 0.717) is 10.2 Å². The van der Waals surface area contributed by atoms with E-state index in [1.165, 1.54) is 0 Å². The van der Waals surface area contributed by atoms with E-state index < -0.39 is 10.1 Å². The molecule has 1 heterocycles. The van der Waals surface area contributed by atoms with Gasteiger partial charge in [-0.25, -0.2) is 4.98 Å². The van der Waals surface area contributed by atoms with E-state index >= 15 is 0 Å². The van der Waals surface area contributed by atoms with Gasteiger partial charge in [0.15, 0.2) is 0 Å². The Hall–Kier alpha value is -0.460. The van der Waals surface area contributed by atoms with Crippen molar-refractivity contribution in [3.8, 4) is 0 Å². The second kappa shape index (κ2) is 4.37. The van der Waals surface area contributed by atoms with Crippen molar-refractivity contribution in [2.24, 2.45) is 0 Å². The Labute approximate surface area is 91.6 Å². The average Bonchev–Trinajstić information content (AvgIpc) is 2.00. The predicted octanol–water partition coefficient (Wildman–Crippen LogP) is 1.63. The van der Waals surface area contributed by atoms with E-state index in [0.717, 1.165) is 11.9 Å². The van der Waals surface area contributed by atoms with Gasteiger partial charge in [-0.15, -0.1) is 0 Å². The molecule has 0 N–H and O–H groups in total. The number of hydrogen-bond donors (Lipinski definition) is 0. The summed E-state index contributed by atoms with van der Waals surface area (Å²) >= 11 is 3.23. The van der Waals surface area contributed by atoms with Crippen LogP contribution in [0.5, 0.6) is 0 Å². The molecule has 0 radical (unpaired) electrons. The number of pyridine rings is 1. The maximum absolute atomic E-state index is 10.7. The van der Waals surface area contributed by atoms with Crippen LogP contribution in [0.1, 0.15) is 11.3 Å². The van der Waals surface area contributed by atoms with E-state index in [2.05, 4.69) is 25.1 Å². The van der Waals surface area contributed by atoms with Crippen molar-refractivity contribution < 1.29 is 12.6 Å². The molecular weight excluding hydrogens is 270 g/mol. The molecule has 0 fully saturated rings. The third kappa shape index (κ3) is 3.73.